The molecule has 110 valence electrons. The van der Waals surface area contributed by atoms with Crippen LogP contribution >= 0.6 is 11.8 Å². The maximum absolute atomic E-state index is 4.59. The summed E-state index contributed by atoms with van der Waals surface area (Å²) in [4.78, 5) is 5.55. The van der Waals surface area contributed by atoms with E-state index in [1.807, 2.05) is 18.4 Å². The lowest BCUT2D eigenvalue weighted by molar-refractivity contribution is 0.585. The van der Waals surface area contributed by atoms with Crippen LogP contribution in [0.25, 0.3) is 0 Å². The summed E-state index contributed by atoms with van der Waals surface area (Å²) in [6, 6.07) is 0. The molecular weight excluding hydrogens is 264 g/mol. The van der Waals surface area contributed by atoms with Crippen molar-refractivity contribution in [1.29, 1.82) is 0 Å². The molecule has 0 saturated carbocycles. The Morgan fingerprint density at radius 2 is 2.15 bits per heavy atom. The maximum atomic E-state index is 4.59. The van der Waals surface area contributed by atoms with Crippen LogP contribution in [0, 0.1) is 5.92 Å². The van der Waals surface area contributed by atoms with Gasteiger partial charge in [-0.15, -0.1) is 0 Å². The highest BCUT2D eigenvalue weighted by molar-refractivity contribution is 8.06. The first-order valence-electron chi connectivity index (χ1n) is 7.12. The van der Waals surface area contributed by atoms with Gasteiger partial charge in [-0.1, -0.05) is 44.8 Å². The van der Waals surface area contributed by atoms with E-state index in [9.17, 15) is 0 Å². The van der Waals surface area contributed by atoms with Gasteiger partial charge in [0, 0.05) is 10.6 Å². The largest absolute Gasteiger partial charge is 0.343 e. The van der Waals surface area contributed by atoms with Gasteiger partial charge < -0.3 is 5.32 Å². The van der Waals surface area contributed by atoms with Gasteiger partial charge in [-0.2, -0.15) is 0 Å². The van der Waals surface area contributed by atoms with Crippen molar-refractivity contribution in [2.75, 3.05) is 6.54 Å². The van der Waals surface area contributed by atoms with Gasteiger partial charge in [-0.05, 0) is 49.2 Å². The molecule has 0 spiro atoms. The van der Waals surface area contributed by atoms with E-state index in [0.29, 0.717) is 12.5 Å². The van der Waals surface area contributed by atoms with Crippen molar-refractivity contribution < 1.29 is 0 Å². The molecule has 3 heteroatoms. The molecule has 20 heavy (non-hydrogen) atoms. The number of thioether (sulfide) groups is 1. The average molecular weight is 290 g/mol. The number of allylic oxidation sites excluding steroid dienone is 2. The van der Waals surface area contributed by atoms with Crippen LogP contribution in [0.3, 0.4) is 0 Å². The number of hydrogen-bond acceptors (Lipinski definition) is 3. The first-order chi connectivity index (χ1) is 9.45. The molecule has 0 unspecified atom stereocenters. The summed E-state index contributed by atoms with van der Waals surface area (Å²) in [5, 5.41) is 5.37. The molecular formula is C17H26N2S. The van der Waals surface area contributed by atoms with Crippen molar-refractivity contribution in [3.8, 4) is 0 Å². The standard InChI is InChI=1S/C17H26N2S/c1-7-10-20-15(6)17-18-11-16(14(5)19-17)13(4)9-8-12(2)3/h7,10,12H,4,6,8-9,11H2,1-3,5H3,(H,18,19)/b10-7-. The number of hydrogen-bond donors (Lipinski definition) is 1. The van der Waals surface area contributed by atoms with Crippen LogP contribution in [0.15, 0.2) is 51.4 Å². The first kappa shape index (κ1) is 16.8. The van der Waals surface area contributed by atoms with E-state index in [4.69, 9.17) is 0 Å². The number of nitrogens with zero attached hydrogens (tertiary/aromatic N) is 1. The first-order valence-corrected chi connectivity index (χ1v) is 8.00. The Labute approximate surface area is 127 Å². The van der Waals surface area contributed by atoms with E-state index in [1.165, 1.54) is 17.6 Å². The molecule has 0 aliphatic carbocycles. The van der Waals surface area contributed by atoms with E-state index in [0.717, 1.165) is 22.9 Å². The van der Waals surface area contributed by atoms with E-state index in [2.05, 4.69) is 44.2 Å². The van der Waals surface area contributed by atoms with Crippen LogP contribution in [0.4, 0.5) is 0 Å². The average Bonchev–Trinajstić information content (AvgIpc) is 2.41. The van der Waals surface area contributed by atoms with Crippen molar-refractivity contribution in [3.63, 3.8) is 0 Å². The quantitative estimate of drug-likeness (QED) is 0.710. The third kappa shape index (κ3) is 5.04. The molecule has 0 amide bonds. The summed E-state index contributed by atoms with van der Waals surface area (Å²) in [7, 11) is 0. The minimum absolute atomic E-state index is 0.709. The highest BCUT2D eigenvalue weighted by Crippen LogP contribution is 2.24. The second kappa shape index (κ2) is 8.15. The Balaban J connectivity index is 2.63. The predicted molar refractivity (Wildman–Crippen MR) is 92.9 cm³/mol. The van der Waals surface area contributed by atoms with Gasteiger partial charge in [0.05, 0.1) is 6.54 Å². The molecule has 0 aromatic heterocycles. The molecule has 2 nitrogen and oxygen atoms in total. The van der Waals surface area contributed by atoms with Crippen LogP contribution < -0.4 is 5.32 Å². The lowest BCUT2D eigenvalue weighted by Crippen LogP contribution is -2.28. The van der Waals surface area contributed by atoms with Crippen LogP contribution in [-0.4, -0.2) is 12.4 Å². The Hall–Kier alpha value is -1.22. The molecule has 0 atom stereocenters. The monoisotopic (exact) mass is 290 g/mol. The fraction of sp³-hybridized carbons (Fsp3) is 0.471. The topological polar surface area (TPSA) is 24.4 Å². The van der Waals surface area contributed by atoms with E-state index >= 15 is 0 Å². The summed E-state index contributed by atoms with van der Waals surface area (Å²) in [5.74, 6) is 1.59. The minimum atomic E-state index is 0.709. The SMILES string of the molecule is C=C(CCC(C)C)C1=C(C)NC(C(=C)S/C=C\C)=NC1. The van der Waals surface area contributed by atoms with E-state index in [-0.39, 0.29) is 0 Å². The molecule has 0 saturated heterocycles. The summed E-state index contributed by atoms with van der Waals surface area (Å²) >= 11 is 1.60. The number of amidine groups is 1. The van der Waals surface area contributed by atoms with Crippen LogP contribution in [0.5, 0.6) is 0 Å². The Morgan fingerprint density at radius 1 is 1.45 bits per heavy atom. The second-order valence-electron chi connectivity index (χ2n) is 5.44. The third-order valence-corrected chi connectivity index (χ3v) is 4.10. The summed E-state index contributed by atoms with van der Waals surface area (Å²) in [5.41, 5.74) is 3.61. The van der Waals surface area contributed by atoms with E-state index in [1.54, 1.807) is 11.8 Å². The molecule has 1 rings (SSSR count). The molecule has 0 radical (unpaired) electrons. The third-order valence-electron chi connectivity index (χ3n) is 3.21. The van der Waals surface area contributed by atoms with Crippen LogP contribution in [-0.2, 0) is 0 Å². The normalized spacial score (nSPS) is 15.6. The molecule has 1 aliphatic rings. The molecule has 1 heterocycles. The van der Waals surface area contributed by atoms with Crippen molar-refractivity contribution in [2.45, 2.75) is 40.5 Å². The van der Waals surface area contributed by atoms with E-state index < -0.39 is 0 Å². The molecule has 1 N–H and O–H groups in total. The minimum Gasteiger partial charge on any atom is -0.343 e. The molecule has 0 aromatic carbocycles. The lowest BCUT2D eigenvalue weighted by atomic mass is 9.96. The molecule has 0 fully saturated rings. The highest BCUT2D eigenvalue weighted by atomic mass is 32.2. The zero-order valence-electron chi connectivity index (χ0n) is 13.1. The van der Waals surface area contributed by atoms with Crippen molar-refractivity contribution >= 4 is 17.6 Å². The zero-order chi connectivity index (χ0) is 15.1. The van der Waals surface area contributed by atoms with Gasteiger partial charge in [0.2, 0.25) is 0 Å². The maximum Gasteiger partial charge on any atom is 0.139 e. The van der Waals surface area contributed by atoms with Crippen LogP contribution in [0.1, 0.15) is 40.5 Å². The Morgan fingerprint density at radius 3 is 2.70 bits per heavy atom. The van der Waals surface area contributed by atoms with Gasteiger partial charge in [0.1, 0.15) is 5.84 Å². The lowest BCUT2D eigenvalue weighted by Gasteiger charge is -2.22. The fourth-order valence-electron chi connectivity index (χ4n) is 1.92. The summed E-state index contributed by atoms with van der Waals surface area (Å²) in [6.45, 7) is 17.6. The predicted octanol–water partition coefficient (Wildman–Crippen LogP) is 5.04. The molecule has 0 bridgehead atoms. The number of aliphatic imine (C=N–C) groups is 1. The molecule has 1 aliphatic heterocycles. The fourth-order valence-corrected chi connectivity index (χ4v) is 2.45. The number of nitrogens with one attached hydrogen (secondary N) is 1. The zero-order valence-corrected chi connectivity index (χ0v) is 13.9. The van der Waals surface area contributed by atoms with Gasteiger partial charge >= 0.3 is 0 Å². The Bertz CT molecular complexity index is 467. The van der Waals surface area contributed by atoms with Crippen molar-refractivity contribution in [1.82, 2.24) is 5.32 Å². The Kier molecular flexibility index (Phi) is 6.86. The summed E-state index contributed by atoms with van der Waals surface area (Å²) < 4.78 is 0. The van der Waals surface area contributed by atoms with Gasteiger partial charge in [-0.25, -0.2) is 0 Å². The smallest absolute Gasteiger partial charge is 0.139 e. The van der Waals surface area contributed by atoms with Gasteiger partial charge in [-0.3, -0.25) is 4.99 Å². The number of rotatable bonds is 7. The summed E-state index contributed by atoms with van der Waals surface area (Å²) in [6.07, 6.45) is 4.22. The van der Waals surface area contributed by atoms with Crippen molar-refractivity contribution in [3.05, 3.63) is 46.4 Å². The van der Waals surface area contributed by atoms with Gasteiger partial charge in [0.25, 0.3) is 0 Å². The second-order valence-corrected chi connectivity index (χ2v) is 6.44. The highest BCUT2D eigenvalue weighted by Gasteiger charge is 2.15. The van der Waals surface area contributed by atoms with Gasteiger partial charge in [0.15, 0.2) is 0 Å². The van der Waals surface area contributed by atoms with Crippen LogP contribution in [0.2, 0.25) is 0 Å². The van der Waals surface area contributed by atoms with Crippen molar-refractivity contribution in [2.24, 2.45) is 10.9 Å². The molecule has 0 aromatic rings.